The van der Waals surface area contributed by atoms with Crippen LogP contribution in [0.4, 0.5) is 11.5 Å². The fourth-order valence-electron chi connectivity index (χ4n) is 4.33. The van der Waals surface area contributed by atoms with Gasteiger partial charge in [-0.05, 0) is 41.8 Å². The van der Waals surface area contributed by atoms with Crippen molar-refractivity contribution < 1.29 is 0 Å². The molecular weight excluding hydrogens is 440 g/mol. The van der Waals surface area contributed by atoms with Gasteiger partial charge >= 0.3 is 5.69 Å². The molecule has 0 aliphatic rings. The Balaban J connectivity index is 1.65. The van der Waals surface area contributed by atoms with E-state index in [0.717, 1.165) is 16.9 Å². The Morgan fingerprint density at radius 3 is 2.37 bits per heavy atom. The number of para-hydroxylation sites is 1. The van der Waals surface area contributed by atoms with E-state index in [9.17, 15) is 9.59 Å². The molecule has 0 bridgehead atoms. The van der Waals surface area contributed by atoms with E-state index in [4.69, 9.17) is 0 Å². The number of nitrogens with one attached hydrogen (secondary N) is 1. The van der Waals surface area contributed by atoms with Gasteiger partial charge < -0.3 is 9.88 Å². The Bertz CT molecular complexity index is 1570. The van der Waals surface area contributed by atoms with Gasteiger partial charge in [-0.25, -0.2) is 9.48 Å². The molecule has 3 heterocycles. The molecule has 0 saturated carbocycles. The van der Waals surface area contributed by atoms with Gasteiger partial charge in [0, 0.05) is 44.4 Å². The van der Waals surface area contributed by atoms with Gasteiger partial charge in [0.2, 0.25) is 0 Å². The van der Waals surface area contributed by atoms with Gasteiger partial charge in [-0.15, -0.1) is 0 Å². The highest BCUT2D eigenvalue weighted by Crippen LogP contribution is 2.27. The first-order valence-corrected chi connectivity index (χ1v) is 11.7. The largest absolute Gasteiger partial charge is 0.341 e. The number of hydrogen-bond donors (Lipinski definition) is 1. The molecule has 0 saturated heterocycles. The van der Waals surface area contributed by atoms with Crippen LogP contribution in [0.25, 0.3) is 16.6 Å². The molecule has 0 unspecified atom stereocenters. The van der Waals surface area contributed by atoms with Crippen molar-refractivity contribution in [2.75, 3.05) is 5.32 Å². The van der Waals surface area contributed by atoms with E-state index in [1.54, 1.807) is 17.8 Å². The summed E-state index contributed by atoms with van der Waals surface area (Å²) in [4.78, 5) is 26.3. The minimum atomic E-state index is -0.309. The molecule has 0 aliphatic heterocycles. The highest BCUT2D eigenvalue weighted by molar-refractivity contribution is 5.92. The molecule has 0 fully saturated rings. The van der Waals surface area contributed by atoms with E-state index < -0.39 is 0 Å². The van der Waals surface area contributed by atoms with Gasteiger partial charge in [-0.1, -0.05) is 44.2 Å². The van der Waals surface area contributed by atoms with Crippen molar-refractivity contribution in [2.45, 2.75) is 26.9 Å². The molecule has 8 heteroatoms. The second-order valence-electron chi connectivity index (χ2n) is 9.13. The molecule has 5 aromatic rings. The molecule has 5 rings (SSSR count). The smallest absolute Gasteiger partial charge is 0.331 e. The summed E-state index contributed by atoms with van der Waals surface area (Å²) < 4.78 is 6.72. The number of anilines is 2. The zero-order valence-corrected chi connectivity index (χ0v) is 20.0. The Morgan fingerprint density at radius 1 is 0.971 bits per heavy atom. The van der Waals surface area contributed by atoms with E-state index in [2.05, 4.69) is 24.3 Å². The predicted molar refractivity (Wildman–Crippen MR) is 139 cm³/mol. The van der Waals surface area contributed by atoms with Crippen LogP contribution in [0, 0.1) is 5.92 Å². The number of fused-ring (bicyclic) bond motifs is 1. The van der Waals surface area contributed by atoms with Gasteiger partial charge in [0.25, 0.3) is 5.56 Å². The van der Waals surface area contributed by atoms with E-state index in [0.29, 0.717) is 29.8 Å². The van der Waals surface area contributed by atoms with Gasteiger partial charge in [0.1, 0.15) is 11.2 Å². The van der Waals surface area contributed by atoms with Crippen molar-refractivity contribution in [2.24, 2.45) is 13.0 Å². The highest BCUT2D eigenvalue weighted by Gasteiger charge is 2.20. The van der Waals surface area contributed by atoms with Gasteiger partial charge in [0.15, 0.2) is 0 Å². The molecular formula is C27H28N6O2. The molecule has 0 aliphatic carbocycles. The molecule has 0 spiro atoms. The second-order valence-corrected chi connectivity index (χ2v) is 9.13. The van der Waals surface area contributed by atoms with Crippen LogP contribution in [-0.2, 0) is 20.1 Å². The lowest BCUT2D eigenvalue weighted by Gasteiger charge is -2.13. The number of aromatic nitrogens is 5. The van der Waals surface area contributed by atoms with E-state index in [-0.39, 0.29) is 17.2 Å². The summed E-state index contributed by atoms with van der Waals surface area (Å²) in [5.74, 6) is 0.914. The van der Waals surface area contributed by atoms with Crippen LogP contribution >= 0.6 is 0 Å². The highest BCUT2D eigenvalue weighted by atomic mass is 16.2. The Morgan fingerprint density at radius 2 is 1.71 bits per heavy atom. The summed E-state index contributed by atoms with van der Waals surface area (Å²) in [5.41, 5.74) is 2.93. The second kappa shape index (κ2) is 9.13. The lowest BCUT2D eigenvalue weighted by Crippen LogP contribution is -2.38. The number of rotatable bonds is 7. The van der Waals surface area contributed by atoms with Crippen LogP contribution in [-0.4, -0.2) is 23.5 Å². The van der Waals surface area contributed by atoms with Crippen LogP contribution in [0.1, 0.15) is 19.4 Å². The van der Waals surface area contributed by atoms with Crippen molar-refractivity contribution in [3.63, 3.8) is 0 Å². The number of nitrogens with zero attached hydrogens (tertiary/aromatic N) is 5. The molecule has 8 nitrogen and oxygen atoms in total. The van der Waals surface area contributed by atoms with Gasteiger partial charge in [-0.2, -0.15) is 5.10 Å². The van der Waals surface area contributed by atoms with Gasteiger partial charge in [-0.3, -0.25) is 13.9 Å². The minimum absolute atomic E-state index is 0.247. The average molecular weight is 469 g/mol. The lowest BCUT2D eigenvalue weighted by molar-refractivity contribution is 0.502. The van der Waals surface area contributed by atoms with Crippen molar-refractivity contribution in [3.05, 3.63) is 106 Å². The number of benzene rings is 2. The molecule has 35 heavy (non-hydrogen) atoms. The third kappa shape index (κ3) is 4.30. The van der Waals surface area contributed by atoms with E-state index in [1.807, 2.05) is 82.3 Å². The lowest BCUT2D eigenvalue weighted by atomic mass is 10.2. The van der Waals surface area contributed by atoms with Crippen molar-refractivity contribution >= 4 is 22.4 Å². The normalized spacial score (nSPS) is 11.4. The SMILES string of the molecule is CC(C)Cn1c(=O)n(C)c(=O)c2c(Nc3ccccc3)n(Cc3ccc(-n4cccn4)cc3)cc21. The molecule has 0 amide bonds. The fraction of sp³-hybridized carbons (Fsp3) is 0.222. The van der Waals surface area contributed by atoms with Crippen molar-refractivity contribution in [1.82, 2.24) is 23.5 Å². The topological polar surface area (TPSA) is 78.8 Å². The molecule has 3 aromatic heterocycles. The summed E-state index contributed by atoms with van der Waals surface area (Å²) in [6, 6.07) is 19.8. The summed E-state index contributed by atoms with van der Waals surface area (Å²) in [5, 5.41) is 8.22. The van der Waals surface area contributed by atoms with E-state index in [1.165, 1.54) is 4.57 Å². The standard InChI is InChI=1S/C27H28N6O2/c1-19(2)16-32-23-18-31(17-20-10-12-22(13-11-20)33-15-7-14-28-33)25(29-21-8-5-4-6-9-21)24(23)26(34)30(3)27(32)35/h4-15,18-19,29H,16-17H2,1-3H3. The van der Waals surface area contributed by atoms with Crippen LogP contribution in [0.2, 0.25) is 0 Å². The quantitative estimate of drug-likeness (QED) is 0.390. The first-order chi connectivity index (χ1) is 16.9. The maximum atomic E-state index is 13.3. The molecule has 0 radical (unpaired) electrons. The Hall–Kier alpha value is -4.33. The average Bonchev–Trinajstić information content (AvgIpc) is 3.51. The summed E-state index contributed by atoms with van der Waals surface area (Å²) in [6.45, 7) is 5.17. The van der Waals surface area contributed by atoms with Crippen molar-refractivity contribution in [3.8, 4) is 5.69 Å². The molecule has 178 valence electrons. The Labute approximate surface area is 202 Å². The summed E-state index contributed by atoms with van der Waals surface area (Å²) >= 11 is 0. The first kappa shape index (κ1) is 22.5. The maximum Gasteiger partial charge on any atom is 0.331 e. The van der Waals surface area contributed by atoms with Crippen LogP contribution in [0.5, 0.6) is 0 Å². The minimum Gasteiger partial charge on any atom is -0.341 e. The fourth-order valence-corrected chi connectivity index (χ4v) is 4.33. The first-order valence-electron chi connectivity index (χ1n) is 11.7. The summed E-state index contributed by atoms with van der Waals surface area (Å²) in [6.07, 6.45) is 5.56. The third-order valence-corrected chi connectivity index (χ3v) is 6.03. The molecule has 2 aromatic carbocycles. The Kier molecular flexibility index (Phi) is 5.86. The maximum absolute atomic E-state index is 13.3. The molecule has 0 atom stereocenters. The zero-order chi connectivity index (χ0) is 24.5. The predicted octanol–water partition coefficient (Wildman–Crippen LogP) is 4.14. The van der Waals surface area contributed by atoms with Crippen LogP contribution < -0.4 is 16.6 Å². The number of hydrogen-bond acceptors (Lipinski definition) is 4. The van der Waals surface area contributed by atoms with Crippen molar-refractivity contribution in [1.29, 1.82) is 0 Å². The van der Waals surface area contributed by atoms with Gasteiger partial charge in [0.05, 0.1) is 11.2 Å². The van der Waals surface area contributed by atoms with E-state index >= 15 is 0 Å². The third-order valence-electron chi connectivity index (χ3n) is 6.03. The molecule has 1 N–H and O–H groups in total. The summed E-state index contributed by atoms with van der Waals surface area (Å²) in [7, 11) is 1.54. The van der Waals surface area contributed by atoms with Crippen LogP contribution in [0.15, 0.2) is 88.8 Å². The zero-order valence-electron chi connectivity index (χ0n) is 20.0. The van der Waals surface area contributed by atoms with Crippen LogP contribution in [0.3, 0.4) is 0 Å². The monoisotopic (exact) mass is 468 g/mol.